The molecule has 144 valence electrons. The van der Waals surface area contributed by atoms with Crippen LogP contribution in [0.25, 0.3) is 0 Å². The highest BCUT2D eigenvalue weighted by atomic mass is 16.5. The molecule has 0 aliphatic rings. The van der Waals surface area contributed by atoms with Gasteiger partial charge >= 0.3 is 0 Å². The number of benzene rings is 2. The first-order valence-electron chi connectivity index (χ1n) is 8.91. The zero-order valence-corrected chi connectivity index (χ0v) is 16.0. The van der Waals surface area contributed by atoms with E-state index in [0.717, 1.165) is 12.0 Å². The zero-order chi connectivity index (χ0) is 19.6. The van der Waals surface area contributed by atoms with E-state index in [0.29, 0.717) is 30.2 Å². The van der Waals surface area contributed by atoms with Gasteiger partial charge in [-0.1, -0.05) is 29.8 Å². The van der Waals surface area contributed by atoms with Crippen molar-refractivity contribution in [3.05, 3.63) is 59.7 Å². The van der Waals surface area contributed by atoms with Gasteiger partial charge in [0.1, 0.15) is 5.75 Å². The summed E-state index contributed by atoms with van der Waals surface area (Å²) in [5.74, 6) is 0.0525. The predicted octanol–water partition coefficient (Wildman–Crippen LogP) is 3.17. The lowest BCUT2D eigenvalue weighted by Gasteiger charge is -2.16. The number of aryl methyl sites for hydroxylation is 1. The Morgan fingerprint density at radius 3 is 2.48 bits per heavy atom. The molecule has 0 saturated heterocycles. The molecule has 0 aliphatic heterocycles. The number of hydrogen-bond acceptors (Lipinski definition) is 4. The summed E-state index contributed by atoms with van der Waals surface area (Å²) >= 11 is 0. The van der Waals surface area contributed by atoms with Gasteiger partial charge in [-0.25, -0.2) is 0 Å². The van der Waals surface area contributed by atoms with E-state index < -0.39 is 6.10 Å². The van der Waals surface area contributed by atoms with Crippen LogP contribution in [0.3, 0.4) is 0 Å². The third-order valence-corrected chi connectivity index (χ3v) is 3.94. The van der Waals surface area contributed by atoms with Crippen LogP contribution in [-0.2, 0) is 9.53 Å². The van der Waals surface area contributed by atoms with Crippen LogP contribution < -0.4 is 15.4 Å². The highest BCUT2D eigenvalue weighted by Gasteiger charge is 2.18. The minimum absolute atomic E-state index is 0.242. The predicted molar refractivity (Wildman–Crippen MR) is 105 cm³/mol. The third-order valence-electron chi connectivity index (χ3n) is 3.94. The molecule has 0 aliphatic carbocycles. The Kier molecular flexibility index (Phi) is 7.82. The minimum atomic E-state index is -0.703. The molecule has 0 aromatic heterocycles. The lowest BCUT2D eigenvalue weighted by Crippen LogP contribution is -2.32. The lowest BCUT2D eigenvalue weighted by molar-refractivity contribution is -0.122. The monoisotopic (exact) mass is 370 g/mol. The summed E-state index contributed by atoms with van der Waals surface area (Å²) < 4.78 is 10.6. The van der Waals surface area contributed by atoms with Crippen molar-refractivity contribution in [1.29, 1.82) is 0 Å². The van der Waals surface area contributed by atoms with Crippen LogP contribution >= 0.6 is 0 Å². The second kappa shape index (κ2) is 10.3. The maximum Gasteiger partial charge on any atom is 0.265 e. The van der Waals surface area contributed by atoms with Gasteiger partial charge in [-0.2, -0.15) is 0 Å². The Labute approximate surface area is 159 Å². The van der Waals surface area contributed by atoms with E-state index in [-0.39, 0.29) is 11.8 Å². The molecule has 6 heteroatoms. The average Bonchev–Trinajstić information content (AvgIpc) is 2.67. The molecular weight excluding hydrogens is 344 g/mol. The van der Waals surface area contributed by atoms with Gasteiger partial charge in [-0.05, 0) is 44.5 Å². The molecule has 27 heavy (non-hydrogen) atoms. The summed E-state index contributed by atoms with van der Waals surface area (Å²) in [6, 6.07) is 14.4. The normalized spacial score (nSPS) is 11.5. The Balaban J connectivity index is 1.98. The van der Waals surface area contributed by atoms with Crippen molar-refractivity contribution in [2.45, 2.75) is 26.4 Å². The summed E-state index contributed by atoms with van der Waals surface area (Å²) in [6.45, 7) is 4.73. The smallest absolute Gasteiger partial charge is 0.265 e. The highest BCUT2D eigenvalue weighted by molar-refractivity contribution is 6.04. The summed E-state index contributed by atoms with van der Waals surface area (Å²) in [7, 11) is 1.62. The van der Waals surface area contributed by atoms with Gasteiger partial charge in [0, 0.05) is 20.3 Å². The molecule has 1 atom stereocenters. The molecule has 0 saturated carbocycles. The van der Waals surface area contributed by atoms with Crippen LogP contribution in [-0.4, -0.2) is 38.2 Å². The molecule has 6 nitrogen and oxygen atoms in total. The highest BCUT2D eigenvalue weighted by Crippen LogP contribution is 2.17. The van der Waals surface area contributed by atoms with Gasteiger partial charge in [0.25, 0.3) is 11.8 Å². The zero-order valence-electron chi connectivity index (χ0n) is 16.0. The number of anilines is 1. The SMILES string of the molecule is COCCCNC(=O)c1ccccc1NC(=O)[C@@H](C)Oc1ccc(C)cc1. The molecule has 2 N–H and O–H groups in total. The molecule has 2 amide bonds. The second-order valence-corrected chi connectivity index (χ2v) is 6.21. The van der Waals surface area contributed by atoms with Gasteiger partial charge in [-0.15, -0.1) is 0 Å². The van der Waals surface area contributed by atoms with Crippen LogP contribution in [0.1, 0.15) is 29.3 Å². The van der Waals surface area contributed by atoms with E-state index in [1.165, 1.54) is 0 Å². The molecule has 0 fully saturated rings. The number of carbonyl (C=O) groups is 2. The number of methoxy groups -OCH3 is 1. The first kappa shape index (κ1) is 20.5. The van der Waals surface area contributed by atoms with Crippen molar-refractivity contribution >= 4 is 17.5 Å². The van der Waals surface area contributed by atoms with Crippen molar-refractivity contribution in [3.8, 4) is 5.75 Å². The van der Waals surface area contributed by atoms with Crippen LogP contribution in [0, 0.1) is 6.92 Å². The summed E-state index contributed by atoms with van der Waals surface area (Å²) in [6.07, 6.45) is 0.0172. The fourth-order valence-corrected chi connectivity index (χ4v) is 2.41. The molecular formula is C21H26N2O4. The van der Waals surface area contributed by atoms with Crippen molar-refractivity contribution in [2.75, 3.05) is 25.6 Å². The number of hydrogen-bond donors (Lipinski definition) is 2. The van der Waals surface area contributed by atoms with Crippen molar-refractivity contribution in [1.82, 2.24) is 5.32 Å². The number of ether oxygens (including phenoxy) is 2. The molecule has 0 unspecified atom stereocenters. The number of para-hydroxylation sites is 1. The maximum atomic E-state index is 12.5. The van der Waals surface area contributed by atoms with E-state index in [9.17, 15) is 9.59 Å². The van der Waals surface area contributed by atoms with Crippen molar-refractivity contribution in [3.63, 3.8) is 0 Å². The fourth-order valence-electron chi connectivity index (χ4n) is 2.41. The largest absolute Gasteiger partial charge is 0.481 e. The summed E-state index contributed by atoms with van der Waals surface area (Å²) in [5, 5.41) is 5.60. The fraction of sp³-hybridized carbons (Fsp3) is 0.333. The Morgan fingerprint density at radius 1 is 1.07 bits per heavy atom. The Morgan fingerprint density at radius 2 is 1.78 bits per heavy atom. The van der Waals surface area contributed by atoms with E-state index in [1.54, 1.807) is 38.3 Å². The minimum Gasteiger partial charge on any atom is -0.481 e. The molecule has 2 rings (SSSR count). The molecule has 0 radical (unpaired) electrons. The van der Waals surface area contributed by atoms with Gasteiger partial charge in [0.2, 0.25) is 0 Å². The molecule has 2 aromatic rings. The standard InChI is InChI=1S/C21H26N2O4/c1-15-9-11-17(12-10-15)27-16(2)20(24)23-19-8-5-4-7-18(19)21(25)22-13-6-14-26-3/h4-5,7-12,16H,6,13-14H2,1-3H3,(H,22,25)(H,23,24)/t16-/m1/s1. The van der Waals surface area contributed by atoms with Crippen molar-refractivity contribution in [2.24, 2.45) is 0 Å². The number of carbonyl (C=O) groups excluding carboxylic acids is 2. The van der Waals surface area contributed by atoms with E-state index in [1.807, 2.05) is 31.2 Å². The first-order valence-corrected chi connectivity index (χ1v) is 8.91. The average molecular weight is 370 g/mol. The summed E-state index contributed by atoms with van der Waals surface area (Å²) in [5.41, 5.74) is 1.97. The number of nitrogens with one attached hydrogen (secondary N) is 2. The molecule has 0 bridgehead atoms. The quantitative estimate of drug-likeness (QED) is 0.665. The van der Waals surface area contributed by atoms with Crippen LogP contribution in [0.15, 0.2) is 48.5 Å². The van der Waals surface area contributed by atoms with Crippen molar-refractivity contribution < 1.29 is 19.1 Å². The second-order valence-electron chi connectivity index (χ2n) is 6.21. The van der Waals surface area contributed by atoms with E-state index in [2.05, 4.69) is 10.6 Å². The van der Waals surface area contributed by atoms with Gasteiger partial charge in [0.15, 0.2) is 6.10 Å². The first-order chi connectivity index (χ1) is 13.0. The topological polar surface area (TPSA) is 76.7 Å². The molecule has 0 spiro atoms. The van der Waals surface area contributed by atoms with Gasteiger partial charge in [-0.3, -0.25) is 9.59 Å². The number of amides is 2. The number of rotatable bonds is 9. The Bertz CT molecular complexity index is 759. The van der Waals surface area contributed by atoms with Crippen LogP contribution in [0.5, 0.6) is 5.75 Å². The maximum absolute atomic E-state index is 12.5. The summed E-state index contributed by atoms with van der Waals surface area (Å²) in [4.78, 5) is 24.8. The van der Waals surface area contributed by atoms with Crippen LogP contribution in [0.2, 0.25) is 0 Å². The van der Waals surface area contributed by atoms with E-state index >= 15 is 0 Å². The van der Waals surface area contributed by atoms with Crippen LogP contribution in [0.4, 0.5) is 5.69 Å². The molecule has 2 aromatic carbocycles. The Hall–Kier alpha value is -2.86. The van der Waals surface area contributed by atoms with Gasteiger partial charge < -0.3 is 20.1 Å². The molecule has 0 heterocycles. The lowest BCUT2D eigenvalue weighted by atomic mass is 10.1. The third kappa shape index (κ3) is 6.42. The van der Waals surface area contributed by atoms with Gasteiger partial charge in [0.05, 0.1) is 11.3 Å². The van der Waals surface area contributed by atoms with E-state index in [4.69, 9.17) is 9.47 Å².